The summed E-state index contributed by atoms with van der Waals surface area (Å²) in [6, 6.07) is 0.620. The molecule has 2 aliphatic heterocycles. The number of ether oxygens (including phenoxy) is 1. The molecule has 2 atom stereocenters. The van der Waals surface area contributed by atoms with Crippen LogP contribution in [-0.4, -0.2) is 38.4 Å². The van der Waals surface area contributed by atoms with Crippen molar-refractivity contribution in [2.24, 2.45) is 0 Å². The topological polar surface area (TPSA) is 33.3 Å². The summed E-state index contributed by atoms with van der Waals surface area (Å²) in [5, 5.41) is 6.77. The fourth-order valence-electron chi connectivity index (χ4n) is 1.69. The van der Waals surface area contributed by atoms with E-state index in [9.17, 15) is 0 Å². The third kappa shape index (κ3) is 1.17. The van der Waals surface area contributed by atoms with Crippen LogP contribution in [0.15, 0.2) is 0 Å². The Hall–Kier alpha value is -0.120. The zero-order chi connectivity index (χ0) is 6.81. The van der Waals surface area contributed by atoms with E-state index < -0.39 is 0 Å². The van der Waals surface area contributed by atoms with Crippen LogP contribution >= 0.6 is 0 Å². The molecule has 0 aliphatic carbocycles. The van der Waals surface area contributed by atoms with Gasteiger partial charge in [0.15, 0.2) is 0 Å². The molecule has 58 valence electrons. The molecule has 2 N–H and O–H groups in total. The first-order valence-corrected chi connectivity index (χ1v) is 4.02. The number of morpholine rings is 1. The van der Waals surface area contributed by atoms with Crippen LogP contribution in [0.1, 0.15) is 6.42 Å². The zero-order valence-corrected chi connectivity index (χ0v) is 6.10. The molecule has 0 bridgehead atoms. The molecule has 2 aliphatic rings. The lowest BCUT2D eigenvalue weighted by Crippen LogP contribution is -2.56. The van der Waals surface area contributed by atoms with Crippen LogP contribution in [0.3, 0.4) is 0 Å². The van der Waals surface area contributed by atoms with Crippen LogP contribution in [0.5, 0.6) is 0 Å². The Balaban J connectivity index is 1.93. The first kappa shape index (κ1) is 6.58. The van der Waals surface area contributed by atoms with E-state index in [4.69, 9.17) is 4.74 Å². The summed E-state index contributed by atoms with van der Waals surface area (Å²) < 4.78 is 5.56. The molecule has 0 aromatic heterocycles. The fraction of sp³-hybridized carbons (Fsp3) is 1.00. The maximum Gasteiger partial charge on any atom is 0.0853 e. The Labute approximate surface area is 61.1 Å². The van der Waals surface area contributed by atoms with E-state index >= 15 is 0 Å². The van der Waals surface area contributed by atoms with Crippen molar-refractivity contribution >= 4 is 0 Å². The zero-order valence-electron chi connectivity index (χ0n) is 6.10. The number of hydrogen-bond acceptors (Lipinski definition) is 3. The van der Waals surface area contributed by atoms with Gasteiger partial charge in [-0.15, -0.1) is 0 Å². The Morgan fingerprint density at radius 2 is 2.30 bits per heavy atom. The smallest absolute Gasteiger partial charge is 0.0853 e. The number of hydrogen-bond donors (Lipinski definition) is 2. The Morgan fingerprint density at radius 3 is 3.20 bits per heavy atom. The van der Waals surface area contributed by atoms with Gasteiger partial charge in [-0.1, -0.05) is 0 Å². The third-order valence-corrected chi connectivity index (χ3v) is 2.27. The van der Waals surface area contributed by atoms with Gasteiger partial charge in [0.2, 0.25) is 0 Å². The highest BCUT2D eigenvalue weighted by atomic mass is 16.5. The summed E-state index contributed by atoms with van der Waals surface area (Å²) in [5.41, 5.74) is 0. The number of piperidine rings is 1. The SMILES string of the molecule is C1CC2NCCOC2CN1. The number of nitrogens with one attached hydrogen (secondary N) is 2. The molecule has 0 saturated carbocycles. The predicted octanol–water partition coefficient (Wildman–Crippen LogP) is -0.663. The average molecular weight is 142 g/mol. The normalized spacial score (nSPS) is 40.8. The van der Waals surface area contributed by atoms with Gasteiger partial charge in [-0.2, -0.15) is 0 Å². The number of rotatable bonds is 0. The molecule has 2 saturated heterocycles. The fourth-order valence-corrected chi connectivity index (χ4v) is 1.69. The third-order valence-electron chi connectivity index (χ3n) is 2.27. The second kappa shape index (κ2) is 2.86. The van der Waals surface area contributed by atoms with Gasteiger partial charge >= 0.3 is 0 Å². The number of fused-ring (bicyclic) bond motifs is 1. The van der Waals surface area contributed by atoms with Gasteiger partial charge in [0.05, 0.1) is 12.7 Å². The second-order valence-corrected chi connectivity index (χ2v) is 2.96. The molecule has 0 aromatic rings. The maximum absolute atomic E-state index is 5.56. The first-order chi connectivity index (χ1) is 4.97. The van der Waals surface area contributed by atoms with Crippen LogP contribution < -0.4 is 10.6 Å². The Bertz CT molecular complexity index is 92.2. The van der Waals surface area contributed by atoms with Gasteiger partial charge in [0.1, 0.15) is 0 Å². The quantitative estimate of drug-likeness (QED) is 0.471. The lowest BCUT2D eigenvalue weighted by atomic mass is 10.0. The van der Waals surface area contributed by atoms with Crippen LogP contribution in [0.2, 0.25) is 0 Å². The summed E-state index contributed by atoms with van der Waals surface area (Å²) in [4.78, 5) is 0. The highest BCUT2D eigenvalue weighted by Crippen LogP contribution is 2.10. The molecule has 3 heteroatoms. The molecule has 2 fully saturated rings. The standard InChI is InChI=1S/C7H14N2O/c1-2-8-5-7-6(1)9-3-4-10-7/h6-9H,1-5H2. The molecule has 3 nitrogen and oxygen atoms in total. The molecule has 2 unspecified atom stereocenters. The van der Waals surface area contributed by atoms with Gasteiger partial charge < -0.3 is 15.4 Å². The van der Waals surface area contributed by atoms with Crippen molar-refractivity contribution in [2.45, 2.75) is 18.6 Å². The van der Waals surface area contributed by atoms with E-state index in [1.165, 1.54) is 6.42 Å². The molecule has 2 heterocycles. The molecule has 0 amide bonds. The van der Waals surface area contributed by atoms with Gasteiger partial charge in [0, 0.05) is 19.1 Å². The van der Waals surface area contributed by atoms with Crippen molar-refractivity contribution in [2.75, 3.05) is 26.2 Å². The van der Waals surface area contributed by atoms with Gasteiger partial charge in [-0.3, -0.25) is 0 Å². The van der Waals surface area contributed by atoms with Crippen LogP contribution in [0.25, 0.3) is 0 Å². The van der Waals surface area contributed by atoms with E-state index in [1.807, 2.05) is 0 Å². The second-order valence-electron chi connectivity index (χ2n) is 2.96. The van der Waals surface area contributed by atoms with Crippen molar-refractivity contribution in [3.05, 3.63) is 0 Å². The van der Waals surface area contributed by atoms with E-state index in [-0.39, 0.29) is 0 Å². The van der Waals surface area contributed by atoms with E-state index in [0.717, 1.165) is 26.2 Å². The average Bonchev–Trinajstić information content (AvgIpc) is 2.05. The first-order valence-electron chi connectivity index (χ1n) is 4.02. The van der Waals surface area contributed by atoms with Crippen molar-refractivity contribution in [1.29, 1.82) is 0 Å². The highest BCUT2D eigenvalue weighted by Gasteiger charge is 2.27. The minimum absolute atomic E-state index is 0.433. The largest absolute Gasteiger partial charge is 0.374 e. The summed E-state index contributed by atoms with van der Waals surface area (Å²) in [6.07, 6.45) is 1.65. The molecule has 0 aromatic carbocycles. The lowest BCUT2D eigenvalue weighted by molar-refractivity contribution is -0.0152. The minimum Gasteiger partial charge on any atom is -0.374 e. The summed E-state index contributed by atoms with van der Waals surface area (Å²) in [6.45, 7) is 4.07. The molecule has 2 rings (SSSR count). The van der Waals surface area contributed by atoms with Gasteiger partial charge in [-0.25, -0.2) is 0 Å². The molecule has 0 radical (unpaired) electrons. The monoisotopic (exact) mass is 142 g/mol. The molecule has 0 spiro atoms. The molecule has 10 heavy (non-hydrogen) atoms. The van der Waals surface area contributed by atoms with E-state index in [1.54, 1.807) is 0 Å². The minimum atomic E-state index is 0.433. The van der Waals surface area contributed by atoms with Crippen molar-refractivity contribution in [1.82, 2.24) is 10.6 Å². The molecular weight excluding hydrogens is 128 g/mol. The Morgan fingerprint density at radius 1 is 1.30 bits per heavy atom. The van der Waals surface area contributed by atoms with Crippen molar-refractivity contribution < 1.29 is 4.74 Å². The Kier molecular flexibility index (Phi) is 1.88. The maximum atomic E-state index is 5.56. The van der Waals surface area contributed by atoms with E-state index in [0.29, 0.717) is 12.1 Å². The van der Waals surface area contributed by atoms with Gasteiger partial charge in [-0.05, 0) is 13.0 Å². The van der Waals surface area contributed by atoms with Crippen molar-refractivity contribution in [3.8, 4) is 0 Å². The van der Waals surface area contributed by atoms with Crippen LogP contribution in [0.4, 0.5) is 0 Å². The summed E-state index contributed by atoms with van der Waals surface area (Å²) in [5.74, 6) is 0. The summed E-state index contributed by atoms with van der Waals surface area (Å²) in [7, 11) is 0. The molecular formula is C7H14N2O. The highest BCUT2D eigenvalue weighted by molar-refractivity contribution is 4.86. The van der Waals surface area contributed by atoms with E-state index in [2.05, 4.69) is 10.6 Å². The summed E-state index contributed by atoms with van der Waals surface area (Å²) >= 11 is 0. The van der Waals surface area contributed by atoms with Crippen LogP contribution in [-0.2, 0) is 4.74 Å². The predicted molar refractivity (Wildman–Crippen MR) is 39.0 cm³/mol. The van der Waals surface area contributed by atoms with Gasteiger partial charge in [0.25, 0.3) is 0 Å². The lowest BCUT2D eigenvalue weighted by Gasteiger charge is -2.36. The van der Waals surface area contributed by atoms with Crippen molar-refractivity contribution in [3.63, 3.8) is 0 Å². The van der Waals surface area contributed by atoms with Crippen LogP contribution in [0, 0.1) is 0 Å².